The van der Waals surface area contributed by atoms with Crippen molar-refractivity contribution in [1.29, 1.82) is 0 Å². The van der Waals surface area contributed by atoms with Crippen LogP contribution in [0.2, 0.25) is 0 Å². The van der Waals surface area contributed by atoms with Gasteiger partial charge in [0.15, 0.2) is 0 Å². The maximum atomic E-state index is 12.5. The molecule has 7 heteroatoms. The Bertz CT molecular complexity index is 758. The van der Waals surface area contributed by atoms with Gasteiger partial charge in [-0.25, -0.2) is 0 Å². The zero-order valence-corrected chi connectivity index (χ0v) is 15.2. The Morgan fingerprint density at radius 3 is 2.63 bits per heavy atom. The van der Waals surface area contributed by atoms with Crippen LogP contribution in [0.15, 0.2) is 48.8 Å². The third kappa shape index (κ3) is 4.75. The van der Waals surface area contributed by atoms with Crippen LogP contribution in [0.25, 0.3) is 0 Å². The molecule has 1 aliphatic rings. The Balaban J connectivity index is 1.67. The molecule has 0 spiro atoms. The predicted octanol–water partition coefficient (Wildman–Crippen LogP) is 1.40. The van der Waals surface area contributed by atoms with Crippen LogP contribution in [-0.2, 0) is 0 Å². The van der Waals surface area contributed by atoms with Gasteiger partial charge in [0.1, 0.15) is 11.5 Å². The summed E-state index contributed by atoms with van der Waals surface area (Å²) < 4.78 is 11.0. The van der Waals surface area contributed by atoms with E-state index in [4.69, 9.17) is 9.47 Å². The number of nitrogens with zero attached hydrogens (tertiary/aromatic N) is 1. The molecule has 1 aromatic carbocycles. The van der Waals surface area contributed by atoms with Crippen molar-refractivity contribution in [2.75, 3.05) is 20.3 Å². The van der Waals surface area contributed by atoms with Gasteiger partial charge < -0.3 is 25.0 Å². The van der Waals surface area contributed by atoms with E-state index in [1.165, 1.54) is 0 Å². The second-order valence-electron chi connectivity index (χ2n) is 6.93. The predicted molar refractivity (Wildman–Crippen MR) is 98.7 cm³/mol. The first kappa shape index (κ1) is 19.1. The highest BCUT2D eigenvalue weighted by molar-refractivity contribution is 5.94. The first-order valence-corrected chi connectivity index (χ1v) is 8.83. The molecule has 1 fully saturated rings. The largest absolute Gasteiger partial charge is 0.497 e. The van der Waals surface area contributed by atoms with E-state index in [1.807, 2.05) is 0 Å². The molecule has 0 radical (unpaired) electrons. The van der Waals surface area contributed by atoms with Crippen molar-refractivity contribution in [3.63, 3.8) is 0 Å². The van der Waals surface area contributed by atoms with E-state index in [2.05, 4.69) is 10.3 Å². The average molecular weight is 372 g/mol. The van der Waals surface area contributed by atoms with E-state index >= 15 is 0 Å². The van der Waals surface area contributed by atoms with Gasteiger partial charge in [0, 0.05) is 23.7 Å². The van der Waals surface area contributed by atoms with E-state index < -0.39 is 17.6 Å². The lowest BCUT2D eigenvalue weighted by atomic mass is 9.86. The summed E-state index contributed by atoms with van der Waals surface area (Å²) in [5.41, 5.74) is -0.0831. The van der Waals surface area contributed by atoms with Crippen molar-refractivity contribution in [2.24, 2.45) is 5.41 Å². The summed E-state index contributed by atoms with van der Waals surface area (Å²) in [6, 6.07) is 10.4. The van der Waals surface area contributed by atoms with Crippen LogP contribution < -0.4 is 14.8 Å². The molecule has 0 saturated heterocycles. The van der Waals surface area contributed by atoms with Gasteiger partial charge in [-0.3, -0.25) is 9.78 Å². The molecule has 144 valence electrons. The van der Waals surface area contributed by atoms with E-state index in [9.17, 15) is 15.0 Å². The molecule has 0 bridgehead atoms. The molecule has 3 atom stereocenters. The van der Waals surface area contributed by atoms with Gasteiger partial charge in [-0.1, -0.05) is 6.07 Å². The monoisotopic (exact) mass is 372 g/mol. The fourth-order valence-electron chi connectivity index (χ4n) is 3.36. The maximum Gasteiger partial charge on any atom is 0.251 e. The number of ether oxygens (including phenoxy) is 2. The molecule has 7 nitrogen and oxygen atoms in total. The number of carbonyl (C=O) groups is 1. The molecule has 1 saturated carbocycles. The lowest BCUT2D eigenvalue weighted by molar-refractivity contribution is 0.0438. The maximum absolute atomic E-state index is 12.5. The zero-order valence-electron chi connectivity index (χ0n) is 15.2. The van der Waals surface area contributed by atoms with Gasteiger partial charge in [0.05, 0.1) is 32.1 Å². The third-order valence-corrected chi connectivity index (χ3v) is 4.86. The second-order valence-corrected chi connectivity index (χ2v) is 6.93. The fourth-order valence-corrected chi connectivity index (χ4v) is 3.36. The highest BCUT2D eigenvalue weighted by atomic mass is 16.5. The Morgan fingerprint density at radius 1 is 1.22 bits per heavy atom. The van der Waals surface area contributed by atoms with E-state index in [0.29, 0.717) is 29.9 Å². The molecule has 3 rings (SSSR count). The zero-order chi connectivity index (χ0) is 19.3. The van der Waals surface area contributed by atoms with Gasteiger partial charge in [-0.15, -0.1) is 0 Å². The number of carbonyl (C=O) groups excluding carboxylic acids is 1. The number of benzene rings is 1. The topological polar surface area (TPSA) is 101 Å². The summed E-state index contributed by atoms with van der Waals surface area (Å²) in [6.45, 7) is 0.530. The number of aliphatic hydroxyl groups is 2. The summed E-state index contributed by atoms with van der Waals surface area (Å²) in [5, 5.41) is 23.0. The standard InChI is InChI=1S/C20H24N2O5/c1-26-15-5-2-4-14(8-15)19(25)22-12-20(9-17(23)18(24)10-20)13-27-16-6-3-7-21-11-16/h2-8,11,17-18,23-24H,9-10,12-13H2,1H3,(H,22,25)/t17-,18+,20?. The Morgan fingerprint density at radius 2 is 1.96 bits per heavy atom. The summed E-state index contributed by atoms with van der Waals surface area (Å²) >= 11 is 0. The minimum Gasteiger partial charge on any atom is -0.497 e. The highest BCUT2D eigenvalue weighted by Gasteiger charge is 2.45. The van der Waals surface area contributed by atoms with Crippen molar-refractivity contribution >= 4 is 5.91 Å². The van der Waals surface area contributed by atoms with Crippen LogP contribution in [0.4, 0.5) is 0 Å². The number of aromatic nitrogens is 1. The van der Waals surface area contributed by atoms with Crippen molar-refractivity contribution in [3.05, 3.63) is 54.4 Å². The fraction of sp³-hybridized carbons (Fsp3) is 0.400. The molecule has 3 N–H and O–H groups in total. The average Bonchev–Trinajstić information content (AvgIpc) is 2.99. The van der Waals surface area contributed by atoms with Crippen LogP contribution in [0.1, 0.15) is 23.2 Å². The summed E-state index contributed by atoms with van der Waals surface area (Å²) in [6.07, 6.45) is 2.26. The number of rotatable bonds is 7. The molecule has 1 amide bonds. The number of hydrogen-bond acceptors (Lipinski definition) is 6. The van der Waals surface area contributed by atoms with Gasteiger partial charge in [0.25, 0.3) is 5.91 Å². The highest BCUT2D eigenvalue weighted by Crippen LogP contribution is 2.38. The smallest absolute Gasteiger partial charge is 0.251 e. The van der Waals surface area contributed by atoms with Crippen molar-refractivity contribution in [1.82, 2.24) is 10.3 Å². The number of nitrogens with one attached hydrogen (secondary N) is 1. The van der Waals surface area contributed by atoms with Crippen LogP contribution in [-0.4, -0.2) is 53.6 Å². The molecule has 1 heterocycles. The third-order valence-electron chi connectivity index (χ3n) is 4.86. The number of methoxy groups -OCH3 is 1. The Labute approximate surface area is 158 Å². The van der Waals surface area contributed by atoms with E-state index in [-0.39, 0.29) is 19.1 Å². The Kier molecular flexibility index (Phi) is 5.93. The lowest BCUT2D eigenvalue weighted by Crippen LogP contribution is -2.40. The number of aliphatic hydroxyl groups excluding tert-OH is 2. The van der Waals surface area contributed by atoms with Crippen LogP contribution >= 0.6 is 0 Å². The first-order chi connectivity index (χ1) is 13.0. The quantitative estimate of drug-likeness (QED) is 0.679. The van der Waals surface area contributed by atoms with Gasteiger partial charge in [-0.2, -0.15) is 0 Å². The molecule has 1 aliphatic carbocycles. The molecule has 27 heavy (non-hydrogen) atoms. The van der Waals surface area contributed by atoms with Crippen LogP contribution in [0.3, 0.4) is 0 Å². The number of hydrogen-bond donors (Lipinski definition) is 3. The second kappa shape index (κ2) is 8.37. The summed E-state index contributed by atoms with van der Waals surface area (Å²) in [5.74, 6) is 0.960. The van der Waals surface area contributed by atoms with Gasteiger partial charge >= 0.3 is 0 Å². The minimum absolute atomic E-state index is 0.245. The molecular formula is C20H24N2O5. The number of amides is 1. The molecule has 1 unspecified atom stereocenters. The van der Waals surface area contributed by atoms with Crippen molar-refractivity contribution in [2.45, 2.75) is 25.0 Å². The number of pyridine rings is 1. The molecule has 1 aromatic heterocycles. The van der Waals surface area contributed by atoms with Crippen molar-refractivity contribution < 1.29 is 24.5 Å². The Hall–Kier alpha value is -2.64. The molecule has 2 aromatic rings. The summed E-state index contributed by atoms with van der Waals surface area (Å²) in [4.78, 5) is 16.5. The SMILES string of the molecule is COc1cccc(C(=O)NCC2(COc3cccnc3)C[C@@H](O)[C@@H](O)C2)c1. The molecule has 0 aliphatic heterocycles. The van der Waals surface area contributed by atoms with E-state index in [0.717, 1.165) is 0 Å². The van der Waals surface area contributed by atoms with Gasteiger partial charge in [-0.05, 0) is 43.2 Å². The minimum atomic E-state index is -0.837. The van der Waals surface area contributed by atoms with Crippen LogP contribution in [0, 0.1) is 5.41 Å². The first-order valence-electron chi connectivity index (χ1n) is 8.83. The lowest BCUT2D eigenvalue weighted by Gasteiger charge is -2.29. The van der Waals surface area contributed by atoms with Crippen molar-refractivity contribution in [3.8, 4) is 11.5 Å². The van der Waals surface area contributed by atoms with Crippen LogP contribution in [0.5, 0.6) is 11.5 Å². The van der Waals surface area contributed by atoms with E-state index in [1.54, 1.807) is 55.9 Å². The molecular weight excluding hydrogens is 348 g/mol. The normalized spacial score (nSPS) is 24.4. The summed E-state index contributed by atoms with van der Waals surface area (Å²) in [7, 11) is 1.54. The van der Waals surface area contributed by atoms with Gasteiger partial charge in [0.2, 0.25) is 0 Å².